The van der Waals surface area contributed by atoms with E-state index in [9.17, 15) is 15.3 Å². The van der Waals surface area contributed by atoms with E-state index in [1.54, 1.807) is 0 Å². The Morgan fingerprint density at radius 2 is 1.63 bits per heavy atom. The highest BCUT2D eigenvalue weighted by Crippen LogP contribution is 2.74. The van der Waals surface area contributed by atoms with Crippen molar-refractivity contribution in [3.63, 3.8) is 0 Å². The van der Waals surface area contributed by atoms with E-state index in [2.05, 4.69) is 37.8 Å². The molecule has 35 heavy (non-hydrogen) atoms. The predicted molar refractivity (Wildman–Crippen MR) is 135 cm³/mol. The first-order valence-electron chi connectivity index (χ1n) is 14.0. The molecule has 1 aromatic carbocycles. The highest BCUT2D eigenvalue weighted by atomic mass is 16.5. The van der Waals surface area contributed by atoms with Crippen molar-refractivity contribution >= 4 is 0 Å². The Morgan fingerprint density at radius 1 is 0.886 bits per heavy atom. The Kier molecular flexibility index (Phi) is 5.70. The average Bonchev–Trinajstić information content (AvgIpc) is 2.94. The number of benzene rings is 1. The van der Waals surface area contributed by atoms with E-state index in [1.165, 1.54) is 6.42 Å². The van der Waals surface area contributed by atoms with E-state index < -0.39 is 11.2 Å². The Bertz CT molecular complexity index is 1010. The van der Waals surface area contributed by atoms with Crippen LogP contribution in [-0.2, 0) is 11.3 Å². The van der Waals surface area contributed by atoms with Crippen LogP contribution < -0.4 is 0 Å². The Morgan fingerprint density at radius 3 is 2.37 bits per heavy atom. The van der Waals surface area contributed by atoms with Gasteiger partial charge in [-0.25, -0.2) is 0 Å². The maximum atomic E-state index is 12.2. The van der Waals surface area contributed by atoms with Crippen LogP contribution >= 0.6 is 0 Å². The third-order valence-electron chi connectivity index (χ3n) is 11.8. The molecule has 0 aromatic heterocycles. The summed E-state index contributed by atoms with van der Waals surface area (Å²) in [6, 6.07) is 10.1. The molecule has 5 aliphatic rings. The first-order chi connectivity index (χ1) is 16.7. The summed E-state index contributed by atoms with van der Waals surface area (Å²) in [5.41, 5.74) is -0.887. The van der Waals surface area contributed by atoms with E-state index in [0.29, 0.717) is 43.3 Å². The second kappa shape index (κ2) is 8.32. The number of fused-ring (bicyclic) bond motifs is 7. The number of ether oxygens (including phenoxy) is 1. The first kappa shape index (κ1) is 24.0. The van der Waals surface area contributed by atoms with Gasteiger partial charge in [-0.15, -0.1) is 0 Å². The van der Waals surface area contributed by atoms with Crippen LogP contribution in [0.15, 0.2) is 30.3 Å². The first-order valence-corrected chi connectivity index (χ1v) is 14.0. The van der Waals surface area contributed by atoms with Crippen molar-refractivity contribution in [2.75, 3.05) is 6.61 Å². The molecule has 0 spiro atoms. The summed E-state index contributed by atoms with van der Waals surface area (Å²) in [6.07, 6.45) is 7.93. The molecule has 5 fully saturated rings. The minimum Gasteiger partial charge on any atom is -0.393 e. The lowest BCUT2D eigenvalue weighted by Gasteiger charge is -2.64. The van der Waals surface area contributed by atoms with Gasteiger partial charge >= 0.3 is 0 Å². The zero-order chi connectivity index (χ0) is 24.5. The summed E-state index contributed by atoms with van der Waals surface area (Å²) < 4.78 is 5.82. The minimum absolute atomic E-state index is 0.132. The SMILES string of the molecule is C[C@]12CC[C@H]3[C@@H](CC[C@]4(O)C[C@@H](O)CC[C@]34C)[C@@H]1[C@@H]1CC[C@@H]1[C@@]2(O)C#CCOCc1ccccc1. The molecule has 3 N–H and O–H groups in total. The molecule has 5 aliphatic carbocycles. The summed E-state index contributed by atoms with van der Waals surface area (Å²) >= 11 is 0. The third kappa shape index (κ3) is 3.35. The Labute approximate surface area is 210 Å². The van der Waals surface area contributed by atoms with Crippen molar-refractivity contribution in [3.05, 3.63) is 35.9 Å². The lowest BCUT2D eigenvalue weighted by molar-refractivity contribution is -0.225. The van der Waals surface area contributed by atoms with E-state index in [4.69, 9.17) is 4.74 Å². The standard InChI is InChI=1S/C31H42O4/c1-28-15-11-22(32)19-30(28,33)17-12-24-25(28)13-16-29(2)27(24)23-9-10-26(23)31(29,34)14-6-18-35-20-21-7-4-3-5-8-21/h3-5,7-8,22-27,32-34H,9-13,15-20H2,1-2H3/t22-,23+,24+,25-,26-,27-,28+,29-,30-,31-/m0/s1. The van der Waals surface area contributed by atoms with Crippen molar-refractivity contribution in [1.29, 1.82) is 0 Å². The molecule has 190 valence electrons. The molecule has 0 unspecified atom stereocenters. The van der Waals surface area contributed by atoms with Crippen LogP contribution in [0.25, 0.3) is 0 Å². The lowest BCUT2D eigenvalue weighted by atomic mass is 9.42. The smallest absolute Gasteiger partial charge is 0.134 e. The highest BCUT2D eigenvalue weighted by Gasteiger charge is 2.74. The number of aliphatic hydroxyl groups is 3. The molecule has 1 aromatic rings. The molecular weight excluding hydrogens is 436 g/mol. The van der Waals surface area contributed by atoms with Gasteiger partial charge in [-0.3, -0.25) is 0 Å². The number of hydrogen-bond acceptors (Lipinski definition) is 4. The summed E-state index contributed by atoms with van der Waals surface area (Å²) in [5.74, 6) is 8.90. The molecule has 4 heteroatoms. The van der Waals surface area contributed by atoms with Crippen molar-refractivity contribution in [1.82, 2.24) is 0 Å². The van der Waals surface area contributed by atoms with Gasteiger partial charge in [0.25, 0.3) is 0 Å². The molecule has 4 nitrogen and oxygen atoms in total. The molecular formula is C31H42O4. The van der Waals surface area contributed by atoms with E-state index in [1.807, 2.05) is 18.2 Å². The fraction of sp³-hybridized carbons (Fsp3) is 0.742. The molecule has 10 atom stereocenters. The van der Waals surface area contributed by atoms with Gasteiger partial charge in [0.2, 0.25) is 0 Å². The van der Waals surface area contributed by atoms with Crippen molar-refractivity contribution in [2.24, 2.45) is 40.4 Å². The minimum atomic E-state index is -0.945. The maximum absolute atomic E-state index is 12.2. The summed E-state index contributed by atoms with van der Waals surface area (Å²) in [4.78, 5) is 0. The van der Waals surface area contributed by atoms with Gasteiger partial charge in [-0.1, -0.05) is 56.0 Å². The molecule has 0 aliphatic heterocycles. The van der Waals surface area contributed by atoms with E-state index in [-0.39, 0.29) is 22.9 Å². The zero-order valence-corrected chi connectivity index (χ0v) is 21.4. The van der Waals surface area contributed by atoms with Crippen LogP contribution in [0, 0.1) is 52.3 Å². The van der Waals surface area contributed by atoms with Gasteiger partial charge in [0.1, 0.15) is 12.2 Å². The topological polar surface area (TPSA) is 69.9 Å². The van der Waals surface area contributed by atoms with E-state index >= 15 is 0 Å². The van der Waals surface area contributed by atoms with Crippen molar-refractivity contribution in [3.8, 4) is 11.8 Å². The molecule has 0 amide bonds. The second-order valence-corrected chi connectivity index (χ2v) is 13.0. The quantitative estimate of drug-likeness (QED) is 0.435. The maximum Gasteiger partial charge on any atom is 0.134 e. The van der Waals surface area contributed by atoms with Crippen LogP contribution in [0.5, 0.6) is 0 Å². The number of hydrogen-bond donors (Lipinski definition) is 3. The van der Waals surface area contributed by atoms with Gasteiger partial charge < -0.3 is 20.1 Å². The van der Waals surface area contributed by atoms with Gasteiger partial charge in [-0.2, -0.15) is 0 Å². The number of rotatable bonds is 3. The largest absolute Gasteiger partial charge is 0.393 e. The highest BCUT2D eigenvalue weighted by molar-refractivity contribution is 5.32. The second-order valence-electron chi connectivity index (χ2n) is 13.0. The van der Waals surface area contributed by atoms with Crippen molar-refractivity contribution < 1.29 is 20.1 Å². The van der Waals surface area contributed by atoms with Gasteiger partial charge in [-0.05, 0) is 86.0 Å². The van der Waals surface area contributed by atoms with Crippen molar-refractivity contribution in [2.45, 2.75) is 95.5 Å². The molecule has 5 saturated carbocycles. The fourth-order valence-corrected chi connectivity index (χ4v) is 9.81. The Balaban J connectivity index is 1.23. The molecule has 0 saturated heterocycles. The lowest BCUT2D eigenvalue weighted by Crippen LogP contribution is -2.64. The van der Waals surface area contributed by atoms with Crippen LogP contribution in [0.3, 0.4) is 0 Å². The van der Waals surface area contributed by atoms with Crippen LogP contribution in [0.2, 0.25) is 0 Å². The van der Waals surface area contributed by atoms with E-state index in [0.717, 1.165) is 50.5 Å². The monoisotopic (exact) mass is 478 g/mol. The molecule has 0 bridgehead atoms. The van der Waals surface area contributed by atoms with Gasteiger partial charge in [0.15, 0.2) is 0 Å². The molecule has 6 rings (SSSR count). The average molecular weight is 479 g/mol. The fourth-order valence-electron chi connectivity index (χ4n) is 9.81. The third-order valence-corrected chi connectivity index (χ3v) is 11.8. The van der Waals surface area contributed by atoms with Gasteiger partial charge in [0.05, 0.1) is 18.3 Å². The van der Waals surface area contributed by atoms with Crippen LogP contribution in [0.1, 0.15) is 77.2 Å². The molecule has 0 heterocycles. The van der Waals surface area contributed by atoms with Crippen LogP contribution in [0.4, 0.5) is 0 Å². The zero-order valence-electron chi connectivity index (χ0n) is 21.4. The van der Waals surface area contributed by atoms with Gasteiger partial charge in [0, 0.05) is 17.8 Å². The van der Waals surface area contributed by atoms with Crippen LogP contribution in [-0.4, -0.2) is 39.2 Å². The molecule has 0 radical (unpaired) electrons. The number of aliphatic hydroxyl groups excluding tert-OH is 1. The summed E-state index contributed by atoms with van der Waals surface area (Å²) in [5, 5.41) is 34.3. The Hall–Kier alpha value is -1.38. The summed E-state index contributed by atoms with van der Waals surface area (Å²) in [7, 11) is 0. The normalized spacial score (nSPS) is 50.0. The predicted octanol–water partition coefficient (Wildman–Crippen LogP) is 4.70. The summed E-state index contributed by atoms with van der Waals surface area (Å²) in [6.45, 7) is 5.51.